The summed E-state index contributed by atoms with van der Waals surface area (Å²) in [6.07, 6.45) is 0. The first-order chi connectivity index (χ1) is 14.9. The Morgan fingerprint density at radius 2 is 1.52 bits per heavy atom. The summed E-state index contributed by atoms with van der Waals surface area (Å²) in [7, 11) is 0. The number of rotatable bonds is 7. The van der Waals surface area contributed by atoms with Crippen molar-refractivity contribution >= 4 is 46.7 Å². The van der Waals surface area contributed by atoms with Crippen LogP contribution in [0.1, 0.15) is 34.6 Å². The highest BCUT2D eigenvalue weighted by molar-refractivity contribution is 6.53. The Labute approximate surface area is 183 Å². The van der Waals surface area contributed by atoms with E-state index in [9.17, 15) is 19.2 Å². The van der Waals surface area contributed by atoms with E-state index in [2.05, 4.69) is 5.32 Å². The molecule has 1 aliphatic rings. The number of anilines is 2. The number of benzene rings is 2. The molecule has 1 N–H and O–H groups in total. The van der Waals surface area contributed by atoms with Crippen molar-refractivity contribution in [2.24, 2.45) is 0 Å². The Balaban J connectivity index is 1.86. The first kappa shape index (κ1) is 22.0. The molecule has 0 saturated carbocycles. The number of carbonyl (C=O) groups is 4. The van der Waals surface area contributed by atoms with Gasteiger partial charge in [0.05, 0.1) is 30.0 Å². The van der Waals surface area contributed by atoms with Gasteiger partial charge in [0.1, 0.15) is 10.7 Å². The number of esters is 2. The summed E-state index contributed by atoms with van der Waals surface area (Å²) in [6, 6.07) is 12.2. The summed E-state index contributed by atoms with van der Waals surface area (Å²) in [6.45, 7) is 3.75. The van der Waals surface area contributed by atoms with E-state index in [0.29, 0.717) is 11.3 Å². The van der Waals surface area contributed by atoms with Gasteiger partial charge in [-0.3, -0.25) is 9.59 Å². The van der Waals surface area contributed by atoms with Crippen LogP contribution in [-0.4, -0.2) is 37.0 Å². The van der Waals surface area contributed by atoms with Crippen molar-refractivity contribution in [2.45, 2.75) is 13.8 Å². The first-order valence-electron chi connectivity index (χ1n) is 9.47. The lowest BCUT2D eigenvalue weighted by Crippen LogP contribution is -2.33. The van der Waals surface area contributed by atoms with Gasteiger partial charge in [-0.25, -0.2) is 14.5 Å². The fraction of sp³-hybridized carbons (Fsp3) is 0.182. The third kappa shape index (κ3) is 4.44. The van der Waals surface area contributed by atoms with Crippen LogP contribution in [0.5, 0.6) is 0 Å². The zero-order valence-electron chi connectivity index (χ0n) is 16.8. The molecule has 1 heterocycles. The van der Waals surface area contributed by atoms with Crippen molar-refractivity contribution in [2.75, 3.05) is 23.4 Å². The third-order valence-corrected chi connectivity index (χ3v) is 4.68. The van der Waals surface area contributed by atoms with E-state index >= 15 is 0 Å². The molecule has 1 aliphatic heterocycles. The van der Waals surface area contributed by atoms with Crippen LogP contribution >= 0.6 is 11.6 Å². The molecular formula is C22H19ClN2O6. The Bertz CT molecular complexity index is 1080. The summed E-state index contributed by atoms with van der Waals surface area (Å²) in [4.78, 5) is 50.6. The van der Waals surface area contributed by atoms with Gasteiger partial charge in [0.15, 0.2) is 0 Å². The summed E-state index contributed by atoms with van der Waals surface area (Å²) >= 11 is 6.15. The van der Waals surface area contributed by atoms with Crippen molar-refractivity contribution in [3.8, 4) is 0 Å². The first-order valence-corrected chi connectivity index (χ1v) is 9.85. The number of nitrogens with zero attached hydrogens (tertiary/aromatic N) is 1. The Morgan fingerprint density at radius 3 is 2.16 bits per heavy atom. The van der Waals surface area contributed by atoms with Crippen molar-refractivity contribution < 1.29 is 28.7 Å². The Morgan fingerprint density at radius 1 is 0.903 bits per heavy atom. The van der Waals surface area contributed by atoms with Crippen LogP contribution < -0.4 is 10.2 Å². The quantitative estimate of drug-likeness (QED) is 0.517. The van der Waals surface area contributed by atoms with Crippen LogP contribution in [0, 0.1) is 0 Å². The highest BCUT2D eigenvalue weighted by Crippen LogP contribution is 2.32. The smallest absolute Gasteiger partial charge is 0.340 e. The van der Waals surface area contributed by atoms with Crippen molar-refractivity contribution in [3.05, 3.63) is 70.4 Å². The number of imide groups is 1. The summed E-state index contributed by atoms with van der Waals surface area (Å²) < 4.78 is 9.93. The molecule has 0 aromatic heterocycles. The summed E-state index contributed by atoms with van der Waals surface area (Å²) in [5.41, 5.74) is 0.766. The van der Waals surface area contributed by atoms with Gasteiger partial charge < -0.3 is 14.8 Å². The fourth-order valence-electron chi connectivity index (χ4n) is 2.93. The van der Waals surface area contributed by atoms with Gasteiger partial charge in [-0.2, -0.15) is 0 Å². The number of carbonyl (C=O) groups excluding carboxylic acids is 4. The van der Waals surface area contributed by atoms with Crippen LogP contribution in [0.25, 0.3) is 0 Å². The van der Waals surface area contributed by atoms with E-state index < -0.39 is 23.8 Å². The minimum Gasteiger partial charge on any atom is -0.462 e. The second-order valence-electron chi connectivity index (χ2n) is 6.30. The van der Waals surface area contributed by atoms with E-state index in [4.69, 9.17) is 21.1 Å². The number of hydrogen-bond donors (Lipinski definition) is 1. The lowest BCUT2D eigenvalue weighted by molar-refractivity contribution is -0.120. The molecule has 0 radical (unpaired) electrons. The molecule has 0 saturated heterocycles. The van der Waals surface area contributed by atoms with Crippen molar-refractivity contribution in [1.82, 2.24) is 0 Å². The number of hydrogen-bond acceptors (Lipinski definition) is 7. The van der Waals surface area contributed by atoms with Crippen LogP contribution in [0.2, 0.25) is 0 Å². The largest absolute Gasteiger partial charge is 0.462 e. The van der Waals surface area contributed by atoms with E-state index in [1.54, 1.807) is 38.1 Å². The highest BCUT2D eigenvalue weighted by atomic mass is 35.5. The molecule has 2 amide bonds. The van der Waals surface area contributed by atoms with Gasteiger partial charge >= 0.3 is 11.9 Å². The minimum atomic E-state index is -0.769. The van der Waals surface area contributed by atoms with Gasteiger partial charge in [0, 0.05) is 5.69 Å². The minimum absolute atomic E-state index is 0.0653. The highest BCUT2D eigenvalue weighted by Gasteiger charge is 2.40. The summed E-state index contributed by atoms with van der Waals surface area (Å²) in [5, 5.41) is 2.49. The molecule has 2 aromatic rings. The average molecular weight is 443 g/mol. The normalized spacial score (nSPS) is 13.5. The van der Waals surface area contributed by atoms with Crippen molar-refractivity contribution in [1.29, 1.82) is 0 Å². The van der Waals surface area contributed by atoms with Crippen LogP contribution in [0.4, 0.5) is 11.4 Å². The van der Waals surface area contributed by atoms with Crippen LogP contribution in [0.3, 0.4) is 0 Å². The molecule has 2 aromatic carbocycles. The zero-order chi connectivity index (χ0) is 22.5. The molecule has 31 heavy (non-hydrogen) atoms. The SMILES string of the molecule is CCOC(=O)c1ccc(NC2=C(Cl)C(=O)N(c3ccccc3C(=O)OCC)C2=O)cc1. The lowest BCUT2D eigenvalue weighted by Gasteiger charge is -2.18. The van der Waals surface area contributed by atoms with Gasteiger partial charge in [0.25, 0.3) is 11.8 Å². The fourth-order valence-corrected chi connectivity index (χ4v) is 3.14. The van der Waals surface area contributed by atoms with E-state index in [1.807, 2.05) is 0 Å². The number of amides is 2. The topological polar surface area (TPSA) is 102 Å². The van der Waals surface area contributed by atoms with Gasteiger partial charge in [-0.1, -0.05) is 23.7 Å². The molecule has 160 valence electrons. The van der Waals surface area contributed by atoms with E-state index in [0.717, 1.165) is 4.90 Å². The number of ether oxygens (including phenoxy) is 2. The molecule has 0 spiro atoms. The molecule has 0 atom stereocenters. The molecule has 3 rings (SSSR count). The zero-order valence-corrected chi connectivity index (χ0v) is 17.6. The number of halogens is 1. The molecule has 0 unspecified atom stereocenters. The van der Waals surface area contributed by atoms with Gasteiger partial charge in [0.2, 0.25) is 0 Å². The maximum atomic E-state index is 13.0. The molecule has 8 nitrogen and oxygen atoms in total. The van der Waals surface area contributed by atoms with Crippen LogP contribution in [0.15, 0.2) is 59.3 Å². The molecular weight excluding hydrogens is 424 g/mol. The number of para-hydroxylation sites is 1. The second kappa shape index (κ2) is 9.44. The Kier molecular flexibility index (Phi) is 6.71. The predicted molar refractivity (Wildman–Crippen MR) is 114 cm³/mol. The van der Waals surface area contributed by atoms with Gasteiger partial charge in [-0.05, 0) is 50.2 Å². The second-order valence-corrected chi connectivity index (χ2v) is 6.67. The van der Waals surface area contributed by atoms with E-state index in [1.165, 1.54) is 24.3 Å². The summed E-state index contributed by atoms with van der Waals surface area (Å²) in [5.74, 6) is -2.62. The maximum Gasteiger partial charge on any atom is 0.340 e. The average Bonchev–Trinajstić information content (AvgIpc) is 2.97. The molecule has 0 aliphatic carbocycles. The van der Waals surface area contributed by atoms with Crippen LogP contribution in [-0.2, 0) is 19.1 Å². The van der Waals surface area contributed by atoms with Gasteiger partial charge in [-0.15, -0.1) is 0 Å². The number of nitrogens with one attached hydrogen (secondary N) is 1. The third-order valence-electron chi connectivity index (χ3n) is 4.33. The molecule has 9 heteroatoms. The lowest BCUT2D eigenvalue weighted by atomic mass is 10.1. The maximum absolute atomic E-state index is 13.0. The molecule has 0 bridgehead atoms. The van der Waals surface area contributed by atoms with E-state index in [-0.39, 0.29) is 35.2 Å². The predicted octanol–water partition coefficient (Wildman–Crippen LogP) is 3.48. The Hall–Kier alpha value is -3.65. The standard InChI is InChI=1S/C22H19ClN2O6/c1-3-30-21(28)13-9-11-14(12-10-13)24-18-17(23)19(26)25(20(18)27)16-8-6-5-7-15(16)22(29)31-4-2/h5-12,24H,3-4H2,1-2H3. The monoisotopic (exact) mass is 442 g/mol. The van der Waals surface area contributed by atoms with Crippen molar-refractivity contribution in [3.63, 3.8) is 0 Å². The molecule has 0 fully saturated rings.